The van der Waals surface area contributed by atoms with Crippen LogP contribution in [0.5, 0.6) is 0 Å². The molecule has 2 heterocycles. The minimum absolute atomic E-state index is 0.0859. The highest BCUT2D eigenvalue weighted by atomic mass is 35.5. The van der Waals surface area contributed by atoms with Gasteiger partial charge >= 0.3 is 0 Å². The second kappa shape index (κ2) is 6.57. The molecule has 7 nitrogen and oxygen atoms in total. The zero-order chi connectivity index (χ0) is 15.6. The fourth-order valence-corrected chi connectivity index (χ4v) is 5.71. The summed E-state index contributed by atoms with van der Waals surface area (Å²) in [5.74, 6) is 0.143. The number of halogens is 1. The highest BCUT2D eigenvalue weighted by Gasteiger charge is 2.33. The lowest BCUT2D eigenvalue weighted by Gasteiger charge is -2.31. The molecule has 1 unspecified atom stereocenters. The van der Waals surface area contributed by atoms with Crippen LogP contribution in [-0.2, 0) is 14.8 Å². The van der Waals surface area contributed by atoms with Gasteiger partial charge in [0.2, 0.25) is 0 Å². The molecule has 0 N–H and O–H groups in total. The van der Waals surface area contributed by atoms with E-state index in [0.29, 0.717) is 19.7 Å². The van der Waals surface area contributed by atoms with Gasteiger partial charge in [-0.15, -0.1) is 11.3 Å². The van der Waals surface area contributed by atoms with Gasteiger partial charge in [-0.3, -0.25) is 10.1 Å². The third-order valence-electron chi connectivity index (χ3n) is 3.32. The van der Waals surface area contributed by atoms with E-state index in [1.807, 2.05) is 0 Å². The number of sulfonamides is 1. The van der Waals surface area contributed by atoms with E-state index in [0.717, 1.165) is 30.2 Å². The number of methoxy groups -OCH3 is 1. The van der Waals surface area contributed by atoms with E-state index in [1.165, 1.54) is 4.31 Å². The quantitative estimate of drug-likeness (QED) is 0.598. The van der Waals surface area contributed by atoms with Crippen molar-refractivity contribution in [3.8, 4) is 0 Å². The first-order chi connectivity index (χ1) is 9.86. The molecule has 0 amide bonds. The highest BCUT2D eigenvalue weighted by Crippen LogP contribution is 2.38. The van der Waals surface area contributed by atoms with Gasteiger partial charge in [-0.05, 0) is 18.8 Å². The summed E-state index contributed by atoms with van der Waals surface area (Å²) in [6.45, 7) is 1.27. The first-order valence-corrected chi connectivity index (χ1v) is 8.92. The van der Waals surface area contributed by atoms with Crippen molar-refractivity contribution in [1.82, 2.24) is 4.31 Å². The molecule has 1 atom stereocenters. The zero-order valence-corrected chi connectivity index (χ0v) is 13.7. The average Bonchev–Trinajstić information content (AvgIpc) is 2.82. The molecule has 2 rings (SSSR count). The van der Waals surface area contributed by atoms with Crippen LogP contribution in [0.4, 0.5) is 5.69 Å². The van der Waals surface area contributed by atoms with Crippen LogP contribution in [0.25, 0.3) is 0 Å². The van der Waals surface area contributed by atoms with Gasteiger partial charge in [-0.2, -0.15) is 4.31 Å². The Labute approximate surface area is 131 Å². The Bertz CT molecular complexity index is 629. The second-order valence-corrected chi connectivity index (χ2v) is 8.63. The van der Waals surface area contributed by atoms with Crippen LogP contribution in [0.2, 0.25) is 4.34 Å². The molecule has 10 heteroatoms. The minimum Gasteiger partial charge on any atom is -0.384 e. The maximum Gasteiger partial charge on any atom is 0.300 e. The lowest BCUT2D eigenvalue weighted by atomic mass is 10.0. The number of rotatable bonds is 5. The lowest BCUT2D eigenvalue weighted by Crippen LogP contribution is -2.40. The second-order valence-electron chi connectivity index (χ2n) is 4.81. The third kappa shape index (κ3) is 3.54. The van der Waals surface area contributed by atoms with Crippen LogP contribution in [0.1, 0.15) is 12.8 Å². The molecule has 0 saturated carbocycles. The van der Waals surface area contributed by atoms with Crippen molar-refractivity contribution in [2.24, 2.45) is 5.92 Å². The highest BCUT2D eigenvalue weighted by molar-refractivity contribution is 7.91. The summed E-state index contributed by atoms with van der Waals surface area (Å²) in [6.07, 6.45) is 1.65. The van der Waals surface area contributed by atoms with Gasteiger partial charge in [0.15, 0.2) is 4.34 Å². The summed E-state index contributed by atoms with van der Waals surface area (Å²) in [6, 6.07) is 1.03. The standard InChI is InChI=1S/C11H15ClN2O5S2/c1-19-7-8-3-2-4-13(6-8)21(17,18)10-5-9(14(15)16)11(12)20-10/h5,8H,2-4,6-7H2,1H3. The normalized spacial score (nSPS) is 20.6. The maximum atomic E-state index is 12.5. The summed E-state index contributed by atoms with van der Waals surface area (Å²) >= 11 is 6.46. The number of piperidine rings is 1. The molecule has 1 aliphatic heterocycles. The van der Waals surface area contributed by atoms with Gasteiger partial charge in [-0.25, -0.2) is 8.42 Å². The molecule has 0 aromatic carbocycles. The van der Waals surface area contributed by atoms with Gasteiger partial charge in [0.25, 0.3) is 15.7 Å². The van der Waals surface area contributed by atoms with Gasteiger partial charge in [-0.1, -0.05) is 11.6 Å². The largest absolute Gasteiger partial charge is 0.384 e. The van der Waals surface area contributed by atoms with E-state index >= 15 is 0 Å². The summed E-state index contributed by atoms with van der Waals surface area (Å²) in [7, 11) is -2.16. The smallest absolute Gasteiger partial charge is 0.300 e. The van der Waals surface area contributed by atoms with Crippen LogP contribution >= 0.6 is 22.9 Å². The zero-order valence-electron chi connectivity index (χ0n) is 11.3. The topological polar surface area (TPSA) is 89.8 Å². The molecule has 1 aromatic rings. The van der Waals surface area contributed by atoms with Gasteiger partial charge in [0.1, 0.15) is 4.21 Å². The number of hydrogen-bond donors (Lipinski definition) is 0. The molecule has 118 valence electrons. The molecule has 1 saturated heterocycles. The summed E-state index contributed by atoms with van der Waals surface area (Å²) in [5, 5.41) is 10.8. The van der Waals surface area contributed by atoms with Crippen LogP contribution < -0.4 is 0 Å². The van der Waals surface area contributed by atoms with E-state index in [4.69, 9.17) is 16.3 Å². The first-order valence-electron chi connectivity index (χ1n) is 6.29. The summed E-state index contributed by atoms with van der Waals surface area (Å²) in [4.78, 5) is 10.1. The van der Waals surface area contributed by atoms with E-state index in [1.54, 1.807) is 7.11 Å². The fourth-order valence-electron chi connectivity index (χ4n) is 2.33. The van der Waals surface area contributed by atoms with Crippen molar-refractivity contribution >= 4 is 38.6 Å². The molecule has 1 aliphatic rings. The molecule has 21 heavy (non-hydrogen) atoms. The average molecular weight is 355 g/mol. The molecule has 0 aliphatic carbocycles. The van der Waals surface area contributed by atoms with Crippen molar-refractivity contribution < 1.29 is 18.1 Å². The number of thiophene rings is 1. The number of hydrogen-bond acceptors (Lipinski definition) is 6. The molecule has 0 spiro atoms. The molecule has 1 fully saturated rings. The Balaban J connectivity index is 2.25. The molecular weight excluding hydrogens is 340 g/mol. The maximum absolute atomic E-state index is 12.5. The summed E-state index contributed by atoms with van der Waals surface area (Å²) in [5.41, 5.74) is -0.370. The van der Waals surface area contributed by atoms with Crippen molar-refractivity contribution in [3.63, 3.8) is 0 Å². The first kappa shape index (κ1) is 16.6. The Morgan fingerprint density at radius 3 is 2.90 bits per heavy atom. The Kier molecular flexibility index (Phi) is 5.20. The van der Waals surface area contributed by atoms with E-state index < -0.39 is 14.9 Å². The van der Waals surface area contributed by atoms with E-state index in [2.05, 4.69) is 0 Å². The van der Waals surface area contributed by atoms with Crippen molar-refractivity contribution in [2.75, 3.05) is 26.8 Å². The van der Waals surface area contributed by atoms with Crippen molar-refractivity contribution in [2.45, 2.75) is 17.1 Å². The van der Waals surface area contributed by atoms with Crippen LogP contribution in [-0.4, -0.2) is 44.5 Å². The molecular formula is C11H15ClN2O5S2. The Hall–Kier alpha value is -0.740. The van der Waals surface area contributed by atoms with Gasteiger partial charge < -0.3 is 4.74 Å². The van der Waals surface area contributed by atoms with Crippen LogP contribution in [0.15, 0.2) is 10.3 Å². The molecule has 0 radical (unpaired) electrons. The van der Waals surface area contributed by atoms with Gasteiger partial charge in [0, 0.05) is 26.3 Å². The third-order valence-corrected chi connectivity index (χ3v) is 6.97. The van der Waals surface area contributed by atoms with E-state index in [9.17, 15) is 18.5 Å². The predicted molar refractivity (Wildman–Crippen MR) is 79.3 cm³/mol. The number of ether oxygens (including phenoxy) is 1. The van der Waals surface area contributed by atoms with Crippen LogP contribution in [0, 0.1) is 16.0 Å². The lowest BCUT2D eigenvalue weighted by molar-refractivity contribution is -0.384. The predicted octanol–water partition coefficient (Wildman–Crippen LogP) is 2.36. The van der Waals surface area contributed by atoms with Crippen LogP contribution in [0.3, 0.4) is 0 Å². The van der Waals surface area contributed by atoms with Gasteiger partial charge in [0.05, 0.1) is 11.5 Å². The number of nitrogens with zero attached hydrogens (tertiary/aromatic N) is 2. The molecule has 0 bridgehead atoms. The SMILES string of the molecule is COCC1CCCN(S(=O)(=O)c2cc([N+](=O)[O-])c(Cl)s2)C1. The minimum atomic E-state index is -3.74. The van der Waals surface area contributed by atoms with E-state index in [-0.39, 0.29) is 20.2 Å². The molecule has 1 aromatic heterocycles. The Morgan fingerprint density at radius 2 is 2.33 bits per heavy atom. The monoisotopic (exact) mass is 354 g/mol. The number of nitro groups is 1. The van der Waals surface area contributed by atoms with Crippen molar-refractivity contribution in [1.29, 1.82) is 0 Å². The Morgan fingerprint density at radius 1 is 1.62 bits per heavy atom. The fraction of sp³-hybridized carbons (Fsp3) is 0.636. The van der Waals surface area contributed by atoms with Crippen molar-refractivity contribution in [3.05, 3.63) is 20.5 Å². The summed E-state index contributed by atoms with van der Waals surface area (Å²) < 4.78 is 31.3.